The Labute approximate surface area is 103 Å². The van der Waals surface area contributed by atoms with E-state index >= 15 is 0 Å². The summed E-state index contributed by atoms with van der Waals surface area (Å²) >= 11 is 0. The normalized spacial score (nSPS) is 18.7. The van der Waals surface area contributed by atoms with E-state index in [1.807, 2.05) is 0 Å². The summed E-state index contributed by atoms with van der Waals surface area (Å²) < 4.78 is 27.2. The molecule has 0 aromatic rings. The molecule has 1 saturated heterocycles. The van der Waals surface area contributed by atoms with Crippen LogP contribution in [0, 0.1) is 0 Å². The fourth-order valence-corrected chi connectivity index (χ4v) is 3.20. The van der Waals surface area contributed by atoms with Crippen LogP contribution >= 0.6 is 0 Å². The van der Waals surface area contributed by atoms with Crippen LogP contribution in [0.15, 0.2) is 0 Å². The highest BCUT2D eigenvalue weighted by atomic mass is 32.2. The molecule has 0 unspecified atom stereocenters. The molecule has 1 amide bonds. The SMILES string of the molecule is CCCCCOCC(=O)N(C)C1CS(=O)(=O)C1. The zero-order valence-electron chi connectivity index (χ0n) is 10.5. The minimum absolute atomic E-state index is 0.0523. The Morgan fingerprint density at radius 3 is 2.53 bits per heavy atom. The van der Waals surface area contributed by atoms with Crippen molar-refractivity contribution in [2.75, 3.05) is 31.8 Å². The Kier molecular flexibility index (Phi) is 5.39. The first-order chi connectivity index (χ1) is 7.96. The van der Waals surface area contributed by atoms with Crippen molar-refractivity contribution in [3.05, 3.63) is 0 Å². The number of unbranched alkanes of at least 4 members (excludes halogenated alkanes) is 2. The fourth-order valence-electron chi connectivity index (χ4n) is 1.68. The summed E-state index contributed by atoms with van der Waals surface area (Å²) in [6, 6.07) is -0.160. The highest BCUT2D eigenvalue weighted by Crippen LogP contribution is 2.16. The number of nitrogens with zero attached hydrogens (tertiary/aromatic N) is 1. The quantitative estimate of drug-likeness (QED) is 0.626. The van der Waals surface area contributed by atoms with Crippen LogP contribution in [0.2, 0.25) is 0 Å². The lowest BCUT2D eigenvalue weighted by molar-refractivity contribution is -0.136. The first-order valence-corrected chi connectivity index (χ1v) is 7.82. The molecule has 1 aliphatic heterocycles. The Hall–Kier alpha value is -0.620. The van der Waals surface area contributed by atoms with Gasteiger partial charge >= 0.3 is 0 Å². The molecule has 0 bridgehead atoms. The average molecular weight is 263 g/mol. The van der Waals surface area contributed by atoms with E-state index in [9.17, 15) is 13.2 Å². The molecule has 1 aliphatic rings. The largest absolute Gasteiger partial charge is 0.372 e. The predicted molar refractivity (Wildman–Crippen MR) is 65.6 cm³/mol. The third kappa shape index (κ3) is 4.63. The summed E-state index contributed by atoms with van der Waals surface area (Å²) in [5.74, 6) is 0.0391. The maximum Gasteiger partial charge on any atom is 0.248 e. The van der Waals surface area contributed by atoms with Gasteiger partial charge in [-0.15, -0.1) is 0 Å². The van der Waals surface area contributed by atoms with Crippen molar-refractivity contribution in [3.63, 3.8) is 0 Å². The predicted octanol–water partition coefficient (Wildman–Crippen LogP) is 0.449. The standard InChI is InChI=1S/C11H21NO4S/c1-3-4-5-6-16-7-11(13)12(2)10-8-17(14,15)9-10/h10H,3-9H2,1-2H3. The number of amides is 1. The highest BCUT2D eigenvalue weighted by Gasteiger charge is 2.37. The molecule has 1 fully saturated rings. The van der Waals surface area contributed by atoms with Crippen LogP contribution in [-0.4, -0.2) is 57.0 Å². The first-order valence-electron chi connectivity index (χ1n) is 6.00. The molecule has 6 heteroatoms. The molecule has 0 aromatic heterocycles. The fraction of sp³-hybridized carbons (Fsp3) is 0.909. The van der Waals surface area contributed by atoms with Crippen molar-refractivity contribution in [2.45, 2.75) is 32.2 Å². The summed E-state index contributed by atoms with van der Waals surface area (Å²) in [6.45, 7) is 2.75. The molecule has 1 heterocycles. The van der Waals surface area contributed by atoms with Crippen LogP contribution in [0.1, 0.15) is 26.2 Å². The molecular formula is C11H21NO4S. The third-order valence-electron chi connectivity index (χ3n) is 2.95. The van der Waals surface area contributed by atoms with E-state index in [4.69, 9.17) is 4.74 Å². The summed E-state index contributed by atoms with van der Waals surface area (Å²) in [5.41, 5.74) is 0. The van der Waals surface area contributed by atoms with Crippen LogP contribution in [-0.2, 0) is 19.4 Å². The van der Waals surface area contributed by atoms with Gasteiger partial charge in [0.05, 0.1) is 17.5 Å². The second kappa shape index (κ2) is 6.35. The van der Waals surface area contributed by atoms with Crippen molar-refractivity contribution in [2.24, 2.45) is 0 Å². The van der Waals surface area contributed by atoms with Gasteiger partial charge in [-0.1, -0.05) is 19.8 Å². The Bertz CT molecular complexity index is 340. The zero-order valence-corrected chi connectivity index (χ0v) is 11.3. The number of ether oxygens (including phenoxy) is 1. The molecule has 0 atom stereocenters. The highest BCUT2D eigenvalue weighted by molar-refractivity contribution is 7.92. The summed E-state index contributed by atoms with van der Waals surface area (Å²) in [4.78, 5) is 13.1. The average Bonchev–Trinajstić information content (AvgIpc) is 2.24. The van der Waals surface area contributed by atoms with Crippen molar-refractivity contribution in [1.29, 1.82) is 0 Å². The van der Waals surface area contributed by atoms with E-state index in [-0.39, 0.29) is 30.1 Å². The summed E-state index contributed by atoms with van der Waals surface area (Å²) in [7, 11) is -1.24. The smallest absolute Gasteiger partial charge is 0.248 e. The summed E-state index contributed by atoms with van der Waals surface area (Å²) in [5, 5.41) is 0. The number of likely N-dealkylation sites (N-methyl/N-ethyl adjacent to an activating group) is 1. The number of sulfone groups is 1. The molecule has 0 aromatic carbocycles. The second-order valence-electron chi connectivity index (χ2n) is 4.50. The van der Waals surface area contributed by atoms with Crippen molar-refractivity contribution >= 4 is 15.7 Å². The van der Waals surface area contributed by atoms with Gasteiger partial charge in [0.15, 0.2) is 9.84 Å². The van der Waals surface area contributed by atoms with Crippen molar-refractivity contribution in [1.82, 2.24) is 4.90 Å². The van der Waals surface area contributed by atoms with E-state index in [1.165, 1.54) is 4.90 Å². The molecule has 100 valence electrons. The molecule has 5 nitrogen and oxygen atoms in total. The van der Waals surface area contributed by atoms with Gasteiger partial charge in [0.2, 0.25) is 5.91 Å². The van der Waals surface area contributed by atoms with Gasteiger partial charge in [-0.2, -0.15) is 0 Å². The number of carbonyl (C=O) groups excluding carboxylic acids is 1. The number of hydrogen-bond donors (Lipinski definition) is 0. The van der Waals surface area contributed by atoms with Crippen molar-refractivity contribution in [3.8, 4) is 0 Å². The van der Waals surface area contributed by atoms with Gasteiger partial charge in [0.1, 0.15) is 6.61 Å². The molecule has 1 rings (SSSR count). The zero-order chi connectivity index (χ0) is 12.9. The molecular weight excluding hydrogens is 242 g/mol. The van der Waals surface area contributed by atoms with Crippen LogP contribution < -0.4 is 0 Å². The van der Waals surface area contributed by atoms with E-state index in [0.29, 0.717) is 6.61 Å². The lowest BCUT2D eigenvalue weighted by atomic mass is 10.3. The lowest BCUT2D eigenvalue weighted by Gasteiger charge is -2.34. The van der Waals surface area contributed by atoms with E-state index in [0.717, 1.165) is 19.3 Å². The van der Waals surface area contributed by atoms with Crippen LogP contribution in [0.4, 0.5) is 0 Å². The topological polar surface area (TPSA) is 63.7 Å². The molecule has 0 radical (unpaired) electrons. The lowest BCUT2D eigenvalue weighted by Crippen LogP contribution is -2.54. The number of carbonyl (C=O) groups is 1. The minimum Gasteiger partial charge on any atom is -0.372 e. The Morgan fingerprint density at radius 1 is 1.35 bits per heavy atom. The maximum atomic E-state index is 11.6. The number of rotatable bonds is 7. The molecule has 0 spiro atoms. The Balaban J connectivity index is 2.15. The van der Waals surface area contributed by atoms with Gasteiger partial charge < -0.3 is 9.64 Å². The van der Waals surface area contributed by atoms with E-state index < -0.39 is 9.84 Å². The van der Waals surface area contributed by atoms with Gasteiger partial charge in [0.25, 0.3) is 0 Å². The molecule has 17 heavy (non-hydrogen) atoms. The molecule has 0 aliphatic carbocycles. The van der Waals surface area contributed by atoms with E-state index in [2.05, 4.69) is 6.92 Å². The van der Waals surface area contributed by atoms with Crippen LogP contribution in [0.3, 0.4) is 0 Å². The van der Waals surface area contributed by atoms with E-state index in [1.54, 1.807) is 7.05 Å². The van der Waals surface area contributed by atoms with Gasteiger partial charge in [-0.25, -0.2) is 8.42 Å². The van der Waals surface area contributed by atoms with Gasteiger partial charge in [-0.3, -0.25) is 4.79 Å². The number of hydrogen-bond acceptors (Lipinski definition) is 4. The molecule has 0 N–H and O–H groups in total. The molecule has 0 saturated carbocycles. The van der Waals surface area contributed by atoms with Crippen molar-refractivity contribution < 1.29 is 17.9 Å². The maximum absolute atomic E-state index is 11.6. The van der Waals surface area contributed by atoms with Crippen LogP contribution in [0.5, 0.6) is 0 Å². The minimum atomic E-state index is -2.88. The second-order valence-corrected chi connectivity index (χ2v) is 6.65. The summed E-state index contributed by atoms with van der Waals surface area (Å²) in [6.07, 6.45) is 3.19. The third-order valence-corrected chi connectivity index (χ3v) is 4.74. The monoisotopic (exact) mass is 263 g/mol. The van der Waals surface area contributed by atoms with Gasteiger partial charge in [-0.05, 0) is 6.42 Å². The van der Waals surface area contributed by atoms with Crippen LogP contribution in [0.25, 0.3) is 0 Å². The first kappa shape index (κ1) is 14.4. The Morgan fingerprint density at radius 2 is 2.00 bits per heavy atom. The van der Waals surface area contributed by atoms with Gasteiger partial charge in [0, 0.05) is 13.7 Å².